The van der Waals surface area contributed by atoms with Gasteiger partial charge >= 0.3 is 5.97 Å². The van der Waals surface area contributed by atoms with Crippen molar-refractivity contribution in [2.24, 2.45) is 5.41 Å². The van der Waals surface area contributed by atoms with E-state index in [-0.39, 0.29) is 0 Å². The third kappa shape index (κ3) is 2.21. The third-order valence-corrected chi connectivity index (χ3v) is 3.82. The molecule has 0 unspecified atom stereocenters. The van der Waals surface area contributed by atoms with Crippen LogP contribution in [0.2, 0.25) is 0 Å². The maximum absolute atomic E-state index is 11.5. The zero-order valence-electron chi connectivity index (χ0n) is 10.6. The van der Waals surface area contributed by atoms with E-state index in [1.807, 2.05) is 24.6 Å². The SMILES string of the molecule is CCn1nc(C)cc1CC1(C(=O)O)CCCC1. The quantitative estimate of drug-likeness (QED) is 0.873. The van der Waals surface area contributed by atoms with Gasteiger partial charge in [0.1, 0.15) is 0 Å². The summed E-state index contributed by atoms with van der Waals surface area (Å²) in [6.45, 7) is 4.80. The summed E-state index contributed by atoms with van der Waals surface area (Å²) in [4.78, 5) is 11.5. The Labute approximate surface area is 102 Å². The second-order valence-corrected chi connectivity index (χ2v) is 5.06. The van der Waals surface area contributed by atoms with E-state index in [1.165, 1.54) is 0 Å². The van der Waals surface area contributed by atoms with Gasteiger partial charge in [-0.3, -0.25) is 9.48 Å². The Hall–Kier alpha value is -1.32. The number of aliphatic carboxylic acids is 1. The largest absolute Gasteiger partial charge is 0.481 e. The molecule has 0 aliphatic heterocycles. The molecule has 0 amide bonds. The molecule has 0 saturated heterocycles. The van der Waals surface area contributed by atoms with Crippen LogP contribution in [-0.2, 0) is 17.8 Å². The first kappa shape index (κ1) is 12.1. The standard InChI is InChI=1S/C13H20N2O2/c1-3-15-11(8-10(2)14-15)9-13(12(16)17)6-4-5-7-13/h8H,3-7,9H2,1-2H3,(H,16,17). The van der Waals surface area contributed by atoms with Gasteiger partial charge in [0.25, 0.3) is 0 Å². The highest BCUT2D eigenvalue weighted by molar-refractivity contribution is 5.75. The molecule has 1 heterocycles. The molecule has 1 saturated carbocycles. The van der Waals surface area contributed by atoms with Crippen molar-refractivity contribution < 1.29 is 9.90 Å². The van der Waals surface area contributed by atoms with Crippen LogP contribution in [0.25, 0.3) is 0 Å². The van der Waals surface area contributed by atoms with E-state index in [0.717, 1.165) is 43.6 Å². The Morgan fingerprint density at radius 2 is 2.18 bits per heavy atom. The first-order chi connectivity index (χ1) is 8.07. The third-order valence-electron chi connectivity index (χ3n) is 3.82. The highest BCUT2D eigenvalue weighted by Gasteiger charge is 2.41. The fraction of sp³-hybridized carbons (Fsp3) is 0.692. The van der Waals surface area contributed by atoms with Crippen LogP contribution in [0.5, 0.6) is 0 Å². The van der Waals surface area contributed by atoms with Crippen LogP contribution in [0.15, 0.2) is 6.07 Å². The molecule has 1 aromatic heterocycles. The lowest BCUT2D eigenvalue weighted by molar-refractivity contribution is -0.148. The lowest BCUT2D eigenvalue weighted by Gasteiger charge is -2.23. The fourth-order valence-electron chi connectivity index (χ4n) is 2.88. The van der Waals surface area contributed by atoms with Crippen molar-refractivity contribution in [3.63, 3.8) is 0 Å². The van der Waals surface area contributed by atoms with Crippen molar-refractivity contribution in [2.45, 2.75) is 52.5 Å². The van der Waals surface area contributed by atoms with Gasteiger partial charge in [-0.2, -0.15) is 5.10 Å². The Morgan fingerprint density at radius 3 is 2.71 bits per heavy atom. The molecule has 0 aromatic carbocycles. The molecule has 94 valence electrons. The van der Waals surface area contributed by atoms with E-state index in [4.69, 9.17) is 0 Å². The van der Waals surface area contributed by atoms with Gasteiger partial charge in [0, 0.05) is 18.7 Å². The molecule has 4 nitrogen and oxygen atoms in total. The lowest BCUT2D eigenvalue weighted by Crippen LogP contribution is -2.31. The van der Waals surface area contributed by atoms with Crippen LogP contribution < -0.4 is 0 Å². The summed E-state index contributed by atoms with van der Waals surface area (Å²) >= 11 is 0. The lowest BCUT2D eigenvalue weighted by atomic mass is 9.81. The summed E-state index contributed by atoms with van der Waals surface area (Å²) in [5, 5.41) is 13.9. The summed E-state index contributed by atoms with van der Waals surface area (Å²) in [6.07, 6.45) is 4.29. The number of carboxylic acids is 1. The highest BCUT2D eigenvalue weighted by atomic mass is 16.4. The number of nitrogens with zero attached hydrogens (tertiary/aromatic N) is 2. The topological polar surface area (TPSA) is 55.1 Å². The highest BCUT2D eigenvalue weighted by Crippen LogP contribution is 2.41. The summed E-state index contributed by atoms with van der Waals surface area (Å²) < 4.78 is 1.93. The molecule has 0 radical (unpaired) electrons. The van der Waals surface area contributed by atoms with Crippen molar-refractivity contribution in [1.82, 2.24) is 9.78 Å². The van der Waals surface area contributed by atoms with Crippen molar-refractivity contribution >= 4 is 5.97 Å². The van der Waals surface area contributed by atoms with Crippen LogP contribution >= 0.6 is 0 Å². The van der Waals surface area contributed by atoms with Crippen molar-refractivity contribution in [2.75, 3.05) is 0 Å². The van der Waals surface area contributed by atoms with Gasteiger partial charge in [0.05, 0.1) is 11.1 Å². The Balaban J connectivity index is 2.26. The molecule has 4 heteroatoms. The van der Waals surface area contributed by atoms with Crippen molar-refractivity contribution in [1.29, 1.82) is 0 Å². The number of carbonyl (C=O) groups is 1. The zero-order chi connectivity index (χ0) is 12.5. The molecule has 17 heavy (non-hydrogen) atoms. The van der Waals surface area contributed by atoms with Crippen molar-refractivity contribution in [3.8, 4) is 0 Å². The monoisotopic (exact) mass is 236 g/mol. The maximum atomic E-state index is 11.5. The van der Waals surface area contributed by atoms with Crippen LogP contribution in [0.1, 0.15) is 44.0 Å². The molecule has 1 aliphatic rings. The van der Waals surface area contributed by atoms with E-state index in [2.05, 4.69) is 5.10 Å². The molecule has 1 N–H and O–H groups in total. The number of hydrogen-bond donors (Lipinski definition) is 1. The number of rotatable bonds is 4. The fourth-order valence-corrected chi connectivity index (χ4v) is 2.88. The molecule has 0 atom stereocenters. The summed E-state index contributed by atoms with van der Waals surface area (Å²) in [5.41, 5.74) is 1.49. The van der Waals surface area contributed by atoms with E-state index in [0.29, 0.717) is 6.42 Å². The first-order valence-electron chi connectivity index (χ1n) is 6.34. The van der Waals surface area contributed by atoms with E-state index >= 15 is 0 Å². The smallest absolute Gasteiger partial charge is 0.310 e. The summed E-state index contributed by atoms with van der Waals surface area (Å²) in [6, 6.07) is 2.02. The molecular weight excluding hydrogens is 216 g/mol. The Morgan fingerprint density at radius 1 is 1.53 bits per heavy atom. The molecule has 1 aliphatic carbocycles. The van der Waals surface area contributed by atoms with Crippen molar-refractivity contribution in [3.05, 3.63) is 17.5 Å². The first-order valence-corrected chi connectivity index (χ1v) is 6.34. The average molecular weight is 236 g/mol. The minimum atomic E-state index is -0.642. The molecule has 2 rings (SSSR count). The number of aromatic nitrogens is 2. The molecule has 0 spiro atoms. The zero-order valence-corrected chi connectivity index (χ0v) is 10.6. The Kier molecular flexibility index (Phi) is 3.22. The van der Waals surface area contributed by atoms with E-state index < -0.39 is 11.4 Å². The van der Waals surface area contributed by atoms with Crippen LogP contribution in [0.4, 0.5) is 0 Å². The van der Waals surface area contributed by atoms with Gasteiger partial charge in [-0.05, 0) is 32.8 Å². The Bertz CT molecular complexity index is 417. The summed E-state index contributed by atoms with van der Waals surface area (Å²) in [5.74, 6) is -0.642. The minimum Gasteiger partial charge on any atom is -0.481 e. The summed E-state index contributed by atoms with van der Waals surface area (Å²) in [7, 11) is 0. The van der Waals surface area contributed by atoms with Crippen LogP contribution in [0.3, 0.4) is 0 Å². The van der Waals surface area contributed by atoms with Gasteiger partial charge < -0.3 is 5.11 Å². The molecular formula is C13H20N2O2. The second kappa shape index (κ2) is 4.51. The van der Waals surface area contributed by atoms with Gasteiger partial charge in [0.15, 0.2) is 0 Å². The minimum absolute atomic E-state index is 0.542. The number of hydrogen-bond acceptors (Lipinski definition) is 2. The normalized spacial score (nSPS) is 18.5. The number of aryl methyl sites for hydroxylation is 2. The second-order valence-electron chi connectivity index (χ2n) is 5.06. The van der Waals surface area contributed by atoms with E-state index in [9.17, 15) is 9.90 Å². The maximum Gasteiger partial charge on any atom is 0.310 e. The molecule has 0 bridgehead atoms. The van der Waals surface area contributed by atoms with Crippen LogP contribution in [0, 0.1) is 12.3 Å². The van der Waals surface area contributed by atoms with Gasteiger partial charge in [-0.15, -0.1) is 0 Å². The van der Waals surface area contributed by atoms with Gasteiger partial charge in [-0.1, -0.05) is 12.8 Å². The molecule has 1 aromatic rings. The van der Waals surface area contributed by atoms with Gasteiger partial charge in [-0.25, -0.2) is 0 Å². The molecule has 1 fully saturated rings. The van der Waals surface area contributed by atoms with Crippen LogP contribution in [-0.4, -0.2) is 20.9 Å². The predicted molar refractivity (Wildman–Crippen MR) is 64.9 cm³/mol. The van der Waals surface area contributed by atoms with E-state index in [1.54, 1.807) is 0 Å². The number of carboxylic acid groups (broad SMARTS) is 1. The average Bonchev–Trinajstić information content (AvgIpc) is 2.86. The predicted octanol–water partition coefficient (Wildman–Crippen LogP) is 2.40. The van der Waals surface area contributed by atoms with Gasteiger partial charge in [0.2, 0.25) is 0 Å².